The minimum Gasteiger partial charge on any atom is -0.480 e. The SMILES string of the molecule is O=C(O)C=CC(=O)Nc1ccc2c(C(C(=O)O)N3CCSCC3)c[nH]c2c1. The third-order valence-electron chi connectivity index (χ3n) is 4.30. The highest BCUT2D eigenvalue weighted by Crippen LogP contribution is 2.31. The predicted molar refractivity (Wildman–Crippen MR) is 103 cm³/mol. The number of anilines is 1. The van der Waals surface area contributed by atoms with Gasteiger partial charge in [-0.3, -0.25) is 14.5 Å². The summed E-state index contributed by atoms with van der Waals surface area (Å²) in [7, 11) is 0. The number of rotatable bonds is 6. The summed E-state index contributed by atoms with van der Waals surface area (Å²) in [6, 6.07) is 4.39. The largest absolute Gasteiger partial charge is 0.480 e. The summed E-state index contributed by atoms with van der Waals surface area (Å²) < 4.78 is 0. The molecule has 1 aromatic carbocycles. The number of aliphatic carboxylic acids is 2. The Morgan fingerprint density at radius 1 is 1.19 bits per heavy atom. The number of aromatic nitrogens is 1. The molecule has 9 heteroatoms. The Morgan fingerprint density at radius 3 is 2.59 bits per heavy atom. The van der Waals surface area contributed by atoms with E-state index >= 15 is 0 Å². The maximum atomic E-state index is 11.9. The number of H-pyrrole nitrogens is 1. The Hall–Kier alpha value is -2.78. The molecule has 0 bridgehead atoms. The topological polar surface area (TPSA) is 123 Å². The zero-order valence-electron chi connectivity index (χ0n) is 14.3. The second-order valence-corrected chi connectivity index (χ2v) is 7.28. The van der Waals surface area contributed by atoms with Gasteiger partial charge in [-0.2, -0.15) is 11.8 Å². The minimum atomic E-state index is -1.20. The van der Waals surface area contributed by atoms with Crippen LogP contribution in [-0.2, 0) is 14.4 Å². The van der Waals surface area contributed by atoms with E-state index in [1.165, 1.54) is 0 Å². The van der Waals surface area contributed by atoms with Crippen molar-refractivity contribution in [3.8, 4) is 0 Å². The number of hydrogen-bond acceptors (Lipinski definition) is 5. The molecule has 1 aliphatic rings. The second-order valence-electron chi connectivity index (χ2n) is 6.05. The van der Waals surface area contributed by atoms with Gasteiger partial charge in [0.1, 0.15) is 6.04 Å². The zero-order valence-corrected chi connectivity index (χ0v) is 15.2. The van der Waals surface area contributed by atoms with Crippen LogP contribution < -0.4 is 5.32 Å². The second kappa shape index (κ2) is 8.28. The number of nitrogens with one attached hydrogen (secondary N) is 2. The van der Waals surface area contributed by atoms with Crippen molar-refractivity contribution >= 4 is 46.2 Å². The van der Waals surface area contributed by atoms with Gasteiger partial charge in [-0.05, 0) is 12.1 Å². The van der Waals surface area contributed by atoms with Crippen molar-refractivity contribution in [2.75, 3.05) is 29.9 Å². The number of thioether (sulfide) groups is 1. The molecule has 0 aliphatic carbocycles. The first-order valence-electron chi connectivity index (χ1n) is 8.33. The summed E-state index contributed by atoms with van der Waals surface area (Å²) in [4.78, 5) is 39.1. The Labute approximate surface area is 159 Å². The van der Waals surface area contributed by atoms with Crippen molar-refractivity contribution in [2.24, 2.45) is 0 Å². The predicted octanol–water partition coefficient (Wildman–Crippen LogP) is 1.92. The number of amides is 1. The minimum absolute atomic E-state index is 0.484. The number of carbonyl (C=O) groups is 3. The van der Waals surface area contributed by atoms with Gasteiger partial charge >= 0.3 is 11.9 Å². The quantitative estimate of drug-likeness (QED) is 0.557. The Morgan fingerprint density at radius 2 is 1.93 bits per heavy atom. The molecule has 1 atom stereocenters. The number of benzene rings is 1. The molecule has 142 valence electrons. The Balaban J connectivity index is 1.85. The van der Waals surface area contributed by atoms with Crippen molar-refractivity contribution in [3.63, 3.8) is 0 Å². The van der Waals surface area contributed by atoms with Crippen LogP contribution in [0.2, 0.25) is 0 Å². The van der Waals surface area contributed by atoms with E-state index in [1.54, 1.807) is 24.4 Å². The van der Waals surface area contributed by atoms with Gasteiger partial charge < -0.3 is 20.5 Å². The lowest BCUT2D eigenvalue weighted by molar-refractivity contribution is -0.143. The highest BCUT2D eigenvalue weighted by atomic mass is 32.2. The lowest BCUT2D eigenvalue weighted by atomic mass is 10.0. The summed E-state index contributed by atoms with van der Waals surface area (Å²) in [5.74, 6) is -0.833. The van der Waals surface area contributed by atoms with Crippen molar-refractivity contribution in [3.05, 3.63) is 42.1 Å². The zero-order chi connectivity index (χ0) is 19.4. The lowest BCUT2D eigenvalue weighted by Gasteiger charge is -2.31. The van der Waals surface area contributed by atoms with Gasteiger partial charge in [0.15, 0.2) is 0 Å². The van der Waals surface area contributed by atoms with Crippen LogP contribution in [0.25, 0.3) is 10.9 Å². The first-order valence-corrected chi connectivity index (χ1v) is 9.49. The smallest absolute Gasteiger partial charge is 0.328 e. The molecule has 0 radical (unpaired) electrons. The van der Waals surface area contributed by atoms with Crippen molar-refractivity contribution in [1.82, 2.24) is 9.88 Å². The molecule has 1 amide bonds. The van der Waals surface area contributed by atoms with Gasteiger partial charge in [-0.25, -0.2) is 4.79 Å². The van der Waals surface area contributed by atoms with E-state index in [4.69, 9.17) is 5.11 Å². The van der Waals surface area contributed by atoms with Crippen LogP contribution in [0.3, 0.4) is 0 Å². The molecule has 1 aromatic heterocycles. The number of carboxylic acid groups (broad SMARTS) is 2. The Kier molecular flexibility index (Phi) is 5.82. The van der Waals surface area contributed by atoms with Crippen LogP contribution >= 0.6 is 11.8 Å². The monoisotopic (exact) mass is 389 g/mol. The van der Waals surface area contributed by atoms with E-state index in [9.17, 15) is 19.5 Å². The fraction of sp³-hybridized carbons (Fsp3) is 0.278. The number of carbonyl (C=O) groups excluding carboxylic acids is 1. The van der Waals surface area contributed by atoms with E-state index < -0.39 is 23.9 Å². The van der Waals surface area contributed by atoms with E-state index in [-0.39, 0.29) is 0 Å². The van der Waals surface area contributed by atoms with E-state index in [0.29, 0.717) is 16.8 Å². The third kappa shape index (κ3) is 4.50. The van der Waals surface area contributed by atoms with E-state index in [0.717, 1.165) is 42.1 Å². The fourth-order valence-electron chi connectivity index (χ4n) is 3.11. The molecule has 0 saturated carbocycles. The molecule has 1 saturated heterocycles. The fourth-order valence-corrected chi connectivity index (χ4v) is 4.04. The molecule has 4 N–H and O–H groups in total. The molecule has 2 aromatic rings. The first kappa shape index (κ1) is 19.0. The van der Waals surface area contributed by atoms with Crippen LogP contribution in [0, 0.1) is 0 Å². The van der Waals surface area contributed by atoms with E-state index in [1.807, 2.05) is 16.7 Å². The molecule has 27 heavy (non-hydrogen) atoms. The van der Waals surface area contributed by atoms with Gasteiger partial charge in [0.2, 0.25) is 5.91 Å². The van der Waals surface area contributed by atoms with Crippen LogP contribution in [-0.4, -0.2) is 62.5 Å². The van der Waals surface area contributed by atoms with Gasteiger partial charge in [0.25, 0.3) is 0 Å². The number of nitrogens with zero attached hydrogens (tertiary/aromatic N) is 1. The molecular weight excluding hydrogens is 370 g/mol. The third-order valence-corrected chi connectivity index (χ3v) is 5.24. The van der Waals surface area contributed by atoms with Crippen LogP contribution in [0.15, 0.2) is 36.5 Å². The summed E-state index contributed by atoms with van der Waals surface area (Å²) in [6.45, 7) is 1.44. The summed E-state index contributed by atoms with van der Waals surface area (Å²) in [5, 5.41) is 21.7. The Bertz CT molecular complexity index is 902. The molecule has 2 heterocycles. The average Bonchev–Trinajstić information content (AvgIpc) is 3.04. The standard InChI is InChI=1S/C18H19N3O5S/c22-15(3-4-16(23)24)20-11-1-2-12-13(10-19-14(12)9-11)17(18(25)26)21-5-7-27-8-6-21/h1-4,9-10,17,19H,5-8H2,(H,20,22)(H,23,24)(H,25,26). The van der Waals surface area contributed by atoms with Gasteiger partial charge in [-0.15, -0.1) is 0 Å². The highest BCUT2D eigenvalue weighted by molar-refractivity contribution is 7.99. The molecule has 3 rings (SSSR count). The maximum absolute atomic E-state index is 11.9. The van der Waals surface area contributed by atoms with E-state index in [2.05, 4.69) is 10.3 Å². The van der Waals surface area contributed by atoms with Crippen LogP contribution in [0.4, 0.5) is 5.69 Å². The highest BCUT2D eigenvalue weighted by Gasteiger charge is 2.30. The van der Waals surface area contributed by atoms with Crippen molar-refractivity contribution in [2.45, 2.75) is 6.04 Å². The molecule has 0 spiro atoms. The van der Waals surface area contributed by atoms with Gasteiger partial charge in [0, 0.05) is 65.1 Å². The van der Waals surface area contributed by atoms with Gasteiger partial charge in [0.05, 0.1) is 0 Å². The average molecular weight is 389 g/mol. The maximum Gasteiger partial charge on any atom is 0.328 e. The molecule has 1 unspecified atom stereocenters. The van der Waals surface area contributed by atoms with Crippen molar-refractivity contribution in [1.29, 1.82) is 0 Å². The summed E-state index contributed by atoms with van der Waals surface area (Å²) >= 11 is 1.82. The van der Waals surface area contributed by atoms with Crippen molar-refractivity contribution < 1.29 is 24.6 Å². The molecular formula is C18H19N3O5S. The molecule has 1 fully saturated rings. The van der Waals surface area contributed by atoms with Crippen LogP contribution in [0.5, 0.6) is 0 Å². The molecule has 8 nitrogen and oxygen atoms in total. The van der Waals surface area contributed by atoms with Gasteiger partial charge in [-0.1, -0.05) is 6.07 Å². The number of fused-ring (bicyclic) bond motifs is 1. The van der Waals surface area contributed by atoms with Crippen LogP contribution in [0.1, 0.15) is 11.6 Å². The summed E-state index contributed by atoms with van der Waals surface area (Å²) in [6.07, 6.45) is 3.39. The normalized spacial score (nSPS) is 16.4. The first-order chi connectivity index (χ1) is 13.0. The number of hydrogen-bond donors (Lipinski definition) is 4. The lowest BCUT2D eigenvalue weighted by Crippen LogP contribution is -2.39. The number of aromatic amines is 1. The molecule has 1 aliphatic heterocycles. The summed E-state index contributed by atoms with van der Waals surface area (Å²) in [5.41, 5.74) is 1.87. The number of carboxylic acids is 2.